The Morgan fingerprint density at radius 1 is 1.19 bits per heavy atom. The van der Waals surface area contributed by atoms with Crippen molar-refractivity contribution in [2.24, 2.45) is 0 Å². The first-order valence-corrected chi connectivity index (χ1v) is 7.00. The summed E-state index contributed by atoms with van der Waals surface area (Å²) in [7, 11) is 0. The third kappa shape index (κ3) is 3.74. The van der Waals surface area contributed by atoms with E-state index in [1.165, 1.54) is 38.8 Å². The molecule has 16 heavy (non-hydrogen) atoms. The molecule has 1 heterocycles. The van der Waals surface area contributed by atoms with Gasteiger partial charge in [0.1, 0.15) is 0 Å². The van der Waals surface area contributed by atoms with Gasteiger partial charge < -0.3 is 5.32 Å². The van der Waals surface area contributed by atoms with Crippen molar-refractivity contribution in [3.8, 4) is 0 Å². The van der Waals surface area contributed by atoms with Gasteiger partial charge in [0.25, 0.3) is 0 Å². The van der Waals surface area contributed by atoms with Gasteiger partial charge in [0.15, 0.2) is 0 Å². The number of rotatable bonds is 3. The van der Waals surface area contributed by atoms with Crippen LogP contribution in [-0.4, -0.2) is 35.6 Å². The van der Waals surface area contributed by atoms with Crippen LogP contribution in [-0.2, 0) is 0 Å². The van der Waals surface area contributed by atoms with Gasteiger partial charge in [0.05, 0.1) is 0 Å². The third-order valence-corrected chi connectivity index (χ3v) is 4.31. The molecule has 0 aromatic heterocycles. The third-order valence-electron chi connectivity index (χ3n) is 4.31. The molecular weight excluding hydrogens is 196 g/mol. The highest BCUT2D eigenvalue weighted by molar-refractivity contribution is 4.85. The van der Waals surface area contributed by atoms with Crippen molar-refractivity contribution >= 4 is 0 Å². The Bertz CT molecular complexity index is 201. The van der Waals surface area contributed by atoms with Gasteiger partial charge in [-0.15, -0.1) is 0 Å². The quantitative estimate of drug-likeness (QED) is 0.796. The molecule has 1 rings (SSSR count). The Morgan fingerprint density at radius 3 is 2.38 bits per heavy atom. The van der Waals surface area contributed by atoms with Crippen molar-refractivity contribution in [2.45, 2.75) is 77.9 Å². The Kier molecular flexibility index (Phi) is 5.26. The molecule has 0 radical (unpaired) electrons. The number of nitrogens with one attached hydrogen (secondary N) is 1. The lowest BCUT2D eigenvalue weighted by Crippen LogP contribution is -2.50. The Labute approximate surface area is 102 Å². The van der Waals surface area contributed by atoms with Crippen LogP contribution in [0.1, 0.15) is 60.3 Å². The van der Waals surface area contributed by atoms with Crippen LogP contribution in [0.5, 0.6) is 0 Å². The molecular formula is C14H30N2. The zero-order valence-electron chi connectivity index (χ0n) is 11.8. The van der Waals surface area contributed by atoms with Crippen molar-refractivity contribution in [3.05, 3.63) is 0 Å². The van der Waals surface area contributed by atoms with Crippen molar-refractivity contribution in [1.82, 2.24) is 10.2 Å². The van der Waals surface area contributed by atoms with Crippen LogP contribution >= 0.6 is 0 Å². The molecule has 1 fully saturated rings. The van der Waals surface area contributed by atoms with E-state index in [4.69, 9.17) is 0 Å². The summed E-state index contributed by atoms with van der Waals surface area (Å²) >= 11 is 0. The van der Waals surface area contributed by atoms with Crippen molar-refractivity contribution < 1.29 is 0 Å². The number of hydrogen-bond acceptors (Lipinski definition) is 2. The first-order valence-electron chi connectivity index (χ1n) is 7.00. The topological polar surface area (TPSA) is 15.3 Å². The summed E-state index contributed by atoms with van der Waals surface area (Å²) in [5.74, 6) is 0. The first-order chi connectivity index (χ1) is 7.49. The Balaban J connectivity index is 2.60. The molecule has 2 nitrogen and oxygen atoms in total. The van der Waals surface area contributed by atoms with Crippen molar-refractivity contribution in [1.29, 1.82) is 0 Å². The second-order valence-corrected chi connectivity index (χ2v) is 5.90. The fraction of sp³-hybridized carbons (Fsp3) is 1.00. The van der Waals surface area contributed by atoms with Crippen LogP contribution in [0.2, 0.25) is 0 Å². The molecule has 0 aromatic carbocycles. The van der Waals surface area contributed by atoms with Crippen LogP contribution in [0.4, 0.5) is 0 Å². The van der Waals surface area contributed by atoms with E-state index in [0.29, 0.717) is 17.6 Å². The minimum atomic E-state index is 0.370. The second kappa shape index (κ2) is 6.02. The maximum Gasteiger partial charge on any atom is 0.0150 e. The van der Waals surface area contributed by atoms with Crippen LogP contribution in [0.25, 0.3) is 0 Å². The van der Waals surface area contributed by atoms with Crippen molar-refractivity contribution in [3.63, 3.8) is 0 Å². The van der Waals surface area contributed by atoms with Gasteiger partial charge >= 0.3 is 0 Å². The molecule has 1 aliphatic rings. The predicted molar refractivity (Wildman–Crippen MR) is 71.9 cm³/mol. The maximum absolute atomic E-state index is 3.73. The average Bonchev–Trinajstić information content (AvgIpc) is 2.23. The fourth-order valence-electron chi connectivity index (χ4n) is 2.49. The zero-order valence-corrected chi connectivity index (χ0v) is 11.8. The van der Waals surface area contributed by atoms with Gasteiger partial charge in [0, 0.05) is 30.7 Å². The molecule has 1 N–H and O–H groups in total. The summed E-state index contributed by atoms with van der Waals surface area (Å²) in [6.07, 6.45) is 5.07. The number of hydrogen-bond donors (Lipinski definition) is 1. The van der Waals surface area contributed by atoms with Gasteiger partial charge in [-0.2, -0.15) is 0 Å². The van der Waals surface area contributed by atoms with E-state index in [9.17, 15) is 0 Å². The lowest BCUT2D eigenvalue weighted by Gasteiger charge is -2.41. The predicted octanol–water partition coefficient (Wildman–Crippen LogP) is 3.03. The molecule has 1 saturated heterocycles. The molecule has 0 bridgehead atoms. The lowest BCUT2D eigenvalue weighted by molar-refractivity contribution is 0.0930. The summed E-state index contributed by atoms with van der Waals surface area (Å²) in [6, 6.07) is 1.38. The smallest absolute Gasteiger partial charge is 0.0150 e. The van der Waals surface area contributed by atoms with Crippen LogP contribution in [0.3, 0.4) is 0 Å². The standard InChI is InChI=1S/C14H30N2/c1-6-13-9-11-16(14(4,5)7-2)10-8-12(3)15-13/h12-13,15H,6-11H2,1-5H3. The largest absolute Gasteiger partial charge is 0.311 e. The van der Waals surface area contributed by atoms with E-state index >= 15 is 0 Å². The first kappa shape index (κ1) is 14.0. The molecule has 96 valence electrons. The summed E-state index contributed by atoms with van der Waals surface area (Å²) in [5.41, 5.74) is 0.370. The monoisotopic (exact) mass is 226 g/mol. The maximum atomic E-state index is 3.73. The molecule has 1 aliphatic heterocycles. The van der Waals surface area contributed by atoms with Crippen LogP contribution in [0, 0.1) is 0 Å². The van der Waals surface area contributed by atoms with E-state index < -0.39 is 0 Å². The Hall–Kier alpha value is -0.0800. The highest BCUT2D eigenvalue weighted by Gasteiger charge is 2.27. The van der Waals surface area contributed by atoms with E-state index in [-0.39, 0.29) is 0 Å². The highest BCUT2D eigenvalue weighted by atomic mass is 15.2. The van der Waals surface area contributed by atoms with E-state index in [0.717, 1.165) is 0 Å². The molecule has 0 aliphatic carbocycles. The van der Waals surface area contributed by atoms with Gasteiger partial charge in [-0.05, 0) is 46.5 Å². The van der Waals surface area contributed by atoms with Gasteiger partial charge in [0.2, 0.25) is 0 Å². The fourth-order valence-corrected chi connectivity index (χ4v) is 2.49. The van der Waals surface area contributed by atoms with Crippen molar-refractivity contribution in [2.75, 3.05) is 13.1 Å². The molecule has 0 amide bonds. The van der Waals surface area contributed by atoms with E-state index in [1.54, 1.807) is 0 Å². The highest BCUT2D eigenvalue weighted by Crippen LogP contribution is 2.21. The molecule has 2 unspecified atom stereocenters. The molecule has 0 aromatic rings. The van der Waals surface area contributed by atoms with Gasteiger partial charge in [-0.25, -0.2) is 0 Å². The summed E-state index contributed by atoms with van der Waals surface area (Å²) < 4.78 is 0. The van der Waals surface area contributed by atoms with Gasteiger partial charge in [-0.1, -0.05) is 13.8 Å². The molecule has 0 saturated carbocycles. The van der Waals surface area contributed by atoms with E-state index in [1.807, 2.05) is 0 Å². The van der Waals surface area contributed by atoms with Gasteiger partial charge in [-0.3, -0.25) is 4.90 Å². The van der Waals surface area contributed by atoms with Crippen LogP contribution in [0.15, 0.2) is 0 Å². The zero-order chi connectivity index (χ0) is 12.2. The second-order valence-electron chi connectivity index (χ2n) is 5.90. The number of nitrogens with zero attached hydrogens (tertiary/aromatic N) is 1. The lowest BCUT2D eigenvalue weighted by atomic mass is 9.96. The molecule has 2 heteroatoms. The Morgan fingerprint density at radius 2 is 1.81 bits per heavy atom. The summed E-state index contributed by atoms with van der Waals surface area (Å²) in [6.45, 7) is 14.2. The summed E-state index contributed by atoms with van der Waals surface area (Å²) in [4.78, 5) is 2.69. The molecule has 0 spiro atoms. The normalized spacial score (nSPS) is 29.8. The SMILES string of the molecule is CCC1CCN(C(C)(C)CC)CCC(C)N1. The minimum Gasteiger partial charge on any atom is -0.311 e. The minimum absolute atomic E-state index is 0.370. The van der Waals surface area contributed by atoms with Crippen LogP contribution < -0.4 is 5.32 Å². The molecule has 2 atom stereocenters. The van der Waals surface area contributed by atoms with E-state index in [2.05, 4.69) is 44.8 Å². The summed E-state index contributed by atoms with van der Waals surface area (Å²) in [5, 5.41) is 3.73. The average molecular weight is 226 g/mol.